The molecule has 188 valence electrons. The van der Waals surface area contributed by atoms with Gasteiger partial charge >= 0.3 is 0 Å². The molecule has 1 aromatic heterocycles. The molecular weight excluding hydrogens is 517 g/mol. The lowest BCUT2D eigenvalue weighted by Gasteiger charge is -2.31. The van der Waals surface area contributed by atoms with Gasteiger partial charge in [0.05, 0.1) is 11.7 Å². The summed E-state index contributed by atoms with van der Waals surface area (Å²) < 4.78 is 30.0. The minimum absolute atomic E-state index is 0.133. The second-order valence-electron chi connectivity index (χ2n) is 9.14. The van der Waals surface area contributed by atoms with Crippen molar-refractivity contribution in [2.24, 2.45) is 5.92 Å². The number of nitrogens with one attached hydrogen (secondary N) is 1. The average Bonchev–Trinajstić information content (AvgIpc) is 3.19. The van der Waals surface area contributed by atoms with E-state index in [1.807, 2.05) is 30.3 Å². The first kappa shape index (κ1) is 25.1. The van der Waals surface area contributed by atoms with Gasteiger partial charge in [0.15, 0.2) is 0 Å². The van der Waals surface area contributed by atoms with Crippen LogP contribution in [0.2, 0.25) is 10.0 Å². The van der Waals surface area contributed by atoms with Crippen molar-refractivity contribution in [2.45, 2.75) is 32.1 Å². The number of hydrogen-bond donors (Lipinski definition) is 1. The van der Waals surface area contributed by atoms with Crippen LogP contribution in [0.25, 0.3) is 21.8 Å². The summed E-state index contributed by atoms with van der Waals surface area (Å²) in [7, 11) is -3.69. The Hall–Kier alpha value is -2.58. The Kier molecular flexibility index (Phi) is 7.01. The summed E-state index contributed by atoms with van der Waals surface area (Å²) in [5.41, 5.74) is 3.36. The van der Waals surface area contributed by atoms with Gasteiger partial charge in [0.2, 0.25) is 15.9 Å². The van der Waals surface area contributed by atoms with E-state index < -0.39 is 15.9 Å². The summed E-state index contributed by atoms with van der Waals surface area (Å²) in [6.45, 7) is 3.47. The SMILES string of the molecule is CCn1c2ccccc2c2cc(NC(=O)[C@@H]3CCCN(S(=O)(=O)Cc4c(Cl)cccc4Cl)C3)ccc21. The van der Waals surface area contributed by atoms with Crippen LogP contribution >= 0.6 is 23.2 Å². The lowest BCUT2D eigenvalue weighted by atomic mass is 9.98. The van der Waals surface area contributed by atoms with E-state index in [2.05, 4.69) is 28.9 Å². The van der Waals surface area contributed by atoms with E-state index in [1.165, 1.54) is 4.31 Å². The fourth-order valence-corrected chi connectivity index (χ4v) is 7.43. The monoisotopic (exact) mass is 543 g/mol. The van der Waals surface area contributed by atoms with Crippen LogP contribution < -0.4 is 5.32 Å². The number of hydrogen-bond acceptors (Lipinski definition) is 3. The first-order valence-electron chi connectivity index (χ1n) is 12.0. The highest BCUT2D eigenvalue weighted by atomic mass is 35.5. The molecule has 9 heteroatoms. The van der Waals surface area contributed by atoms with Crippen LogP contribution in [-0.4, -0.2) is 36.3 Å². The van der Waals surface area contributed by atoms with E-state index in [9.17, 15) is 13.2 Å². The Labute approximate surface area is 220 Å². The van der Waals surface area contributed by atoms with Crippen molar-refractivity contribution in [3.63, 3.8) is 0 Å². The number of carbonyl (C=O) groups is 1. The number of aromatic nitrogens is 1. The molecule has 4 aromatic rings. The van der Waals surface area contributed by atoms with E-state index in [4.69, 9.17) is 23.2 Å². The number of piperidine rings is 1. The van der Waals surface area contributed by atoms with Crippen molar-refractivity contribution in [1.82, 2.24) is 8.87 Å². The number of amides is 1. The van der Waals surface area contributed by atoms with Gasteiger partial charge in [-0.3, -0.25) is 4.79 Å². The molecule has 1 fully saturated rings. The number of nitrogens with zero attached hydrogens (tertiary/aromatic N) is 2. The minimum atomic E-state index is -3.69. The molecule has 1 saturated heterocycles. The number of fused-ring (bicyclic) bond motifs is 3. The number of carbonyl (C=O) groups excluding carboxylic acids is 1. The van der Waals surface area contributed by atoms with Gasteiger partial charge in [-0.2, -0.15) is 0 Å². The van der Waals surface area contributed by atoms with Crippen LogP contribution in [0.15, 0.2) is 60.7 Å². The van der Waals surface area contributed by atoms with E-state index in [0.29, 0.717) is 40.7 Å². The first-order chi connectivity index (χ1) is 17.3. The van der Waals surface area contributed by atoms with Crippen LogP contribution in [0.4, 0.5) is 5.69 Å². The molecule has 36 heavy (non-hydrogen) atoms. The third-order valence-electron chi connectivity index (χ3n) is 6.89. The summed E-state index contributed by atoms with van der Waals surface area (Å²) >= 11 is 12.4. The number of sulfonamides is 1. The zero-order valence-corrected chi connectivity index (χ0v) is 22.2. The molecule has 1 atom stereocenters. The average molecular weight is 545 g/mol. The maximum absolute atomic E-state index is 13.2. The molecule has 0 aliphatic carbocycles. The third-order valence-corrected chi connectivity index (χ3v) is 9.37. The lowest BCUT2D eigenvalue weighted by Crippen LogP contribution is -2.44. The molecule has 5 rings (SSSR count). The maximum Gasteiger partial charge on any atom is 0.228 e. The smallest absolute Gasteiger partial charge is 0.228 e. The molecule has 6 nitrogen and oxygen atoms in total. The van der Waals surface area contributed by atoms with Crippen LogP contribution in [0.1, 0.15) is 25.3 Å². The topological polar surface area (TPSA) is 71.4 Å². The van der Waals surface area contributed by atoms with Crippen molar-refractivity contribution >= 4 is 66.6 Å². The van der Waals surface area contributed by atoms with Gasteiger partial charge < -0.3 is 9.88 Å². The summed E-state index contributed by atoms with van der Waals surface area (Å²) in [6.07, 6.45) is 1.23. The van der Waals surface area contributed by atoms with Crippen molar-refractivity contribution < 1.29 is 13.2 Å². The molecule has 0 radical (unpaired) electrons. The van der Waals surface area contributed by atoms with E-state index in [1.54, 1.807) is 18.2 Å². The first-order valence-corrected chi connectivity index (χ1v) is 14.4. The fraction of sp³-hybridized carbons (Fsp3) is 0.296. The highest BCUT2D eigenvalue weighted by molar-refractivity contribution is 7.88. The number of benzene rings is 3. The number of aryl methyl sites for hydroxylation is 1. The zero-order chi connectivity index (χ0) is 25.4. The fourth-order valence-electron chi connectivity index (χ4n) is 5.07. The summed E-state index contributed by atoms with van der Waals surface area (Å²) in [5, 5.41) is 5.87. The highest BCUT2D eigenvalue weighted by Crippen LogP contribution is 2.32. The van der Waals surface area contributed by atoms with Crippen LogP contribution in [0.5, 0.6) is 0 Å². The summed E-state index contributed by atoms with van der Waals surface area (Å²) in [5.74, 6) is -0.912. The quantitative estimate of drug-likeness (QED) is 0.310. The lowest BCUT2D eigenvalue weighted by molar-refractivity contribution is -0.120. The molecule has 0 unspecified atom stereocenters. The number of rotatable bonds is 6. The van der Waals surface area contributed by atoms with Gasteiger partial charge in [0.1, 0.15) is 0 Å². The van der Waals surface area contributed by atoms with Gasteiger partial charge in [-0.05, 0) is 56.2 Å². The predicted octanol–water partition coefficient (Wildman–Crippen LogP) is 6.30. The molecule has 1 N–H and O–H groups in total. The molecule has 0 saturated carbocycles. The second kappa shape index (κ2) is 10.1. The maximum atomic E-state index is 13.2. The van der Waals surface area contributed by atoms with Crippen molar-refractivity contribution in [1.29, 1.82) is 0 Å². The largest absolute Gasteiger partial charge is 0.341 e. The van der Waals surface area contributed by atoms with Crippen LogP contribution in [0.3, 0.4) is 0 Å². The molecule has 0 bridgehead atoms. The molecule has 1 amide bonds. The number of halogens is 2. The normalized spacial score (nSPS) is 17.0. The Morgan fingerprint density at radius 2 is 1.72 bits per heavy atom. The van der Waals surface area contributed by atoms with Crippen molar-refractivity contribution in [2.75, 3.05) is 18.4 Å². The molecule has 1 aliphatic heterocycles. The van der Waals surface area contributed by atoms with Crippen molar-refractivity contribution in [3.05, 3.63) is 76.3 Å². The molecular formula is C27H27Cl2N3O3S. The van der Waals surface area contributed by atoms with Gasteiger partial charge in [-0.25, -0.2) is 12.7 Å². The van der Waals surface area contributed by atoms with E-state index >= 15 is 0 Å². The van der Waals surface area contributed by atoms with Gasteiger partial charge in [0.25, 0.3) is 0 Å². The Balaban J connectivity index is 1.34. The van der Waals surface area contributed by atoms with Gasteiger partial charge in [-0.15, -0.1) is 0 Å². The zero-order valence-electron chi connectivity index (χ0n) is 19.9. The van der Waals surface area contributed by atoms with E-state index in [-0.39, 0.29) is 18.2 Å². The Bertz CT molecular complexity index is 1550. The van der Waals surface area contributed by atoms with Crippen LogP contribution in [0, 0.1) is 5.92 Å². The van der Waals surface area contributed by atoms with Gasteiger partial charge in [-0.1, -0.05) is 47.5 Å². The third kappa shape index (κ3) is 4.73. The molecule has 3 aromatic carbocycles. The van der Waals surface area contributed by atoms with E-state index in [0.717, 1.165) is 28.4 Å². The standard InChI is InChI=1S/C27H27Cl2N3O3S/c1-2-32-25-11-4-3-8-20(25)21-15-19(12-13-26(21)32)30-27(33)18-7-6-14-31(16-18)36(34,35)17-22-23(28)9-5-10-24(22)29/h3-5,8-13,15,18H,2,6-7,14,16-17H2,1H3,(H,30,33)/t18-/m1/s1. The number of para-hydroxylation sites is 1. The minimum Gasteiger partial charge on any atom is -0.341 e. The Morgan fingerprint density at radius 3 is 2.47 bits per heavy atom. The molecule has 0 spiro atoms. The van der Waals surface area contributed by atoms with Crippen molar-refractivity contribution in [3.8, 4) is 0 Å². The predicted molar refractivity (Wildman–Crippen MR) is 147 cm³/mol. The Morgan fingerprint density at radius 1 is 1.00 bits per heavy atom. The second-order valence-corrected chi connectivity index (χ2v) is 11.9. The highest BCUT2D eigenvalue weighted by Gasteiger charge is 2.33. The van der Waals surface area contributed by atoms with Gasteiger partial charge in [0, 0.05) is 62.7 Å². The summed E-state index contributed by atoms with van der Waals surface area (Å²) in [6, 6.07) is 19.1. The van der Waals surface area contributed by atoms with Crippen LogP contribution in [-0.2, 0) is 27.1 Å². The summed E-state index contributed by atoms with van der Waals surface area (Å²) in [4.78, 5) is 13.2. The number of anilines is 1. The molecule has 2 heterocycles. The molecule has 1 aliphatic rings.